The molecule has 4 nitrogen and oxygen atoms in total. The van der Waals surface area contributed by atoms with Crippen LogP contribution < -0.4 is 0 Å². The molecule has 0 radical (unpaired) electrons. The maximum absolute atomic E-state index is 12.8. The lowest BCUT2D eigenvalue weighted by Gasteiger charge is -2.21. The van der Waals surface area contributed by atoms with Crippen LogP contribution in [0.1, 0.15) is 36.6 Å². The van der Waals surface area contributed by atoms with Gasteiger partial charge in [0.05, 0.1) is 5.56 Å². The van der Waals surface area contributed by atoms with Crippen molar-refractivity contribution >= 4 is 11.3 Å². The van der Waals surface area contributed by atoms with E-state index in [-0.39, 0.29) is 12.4 Å². The summed E-state index contributed by atoms with van der Waals surface area (Å²) in [6.07, 6.45) is 3.16. The molecule has 0 saturated carbocycles. The van der Waals surface area contributed by atoms with Crippen molar-refractivity contribution in [2.45, 2.75) is 51.3 Å². The van der Waals surface area contributed by atoms with Crippen LogP contribution in [0.4, 0.5) is 13.2 Å². The smallest absolute Gasteiger partial charge is 0.416 e. The molecule has 0 N–H and O–H groups in total. The van der Waals surface area contributed by atoms with Gasteiger partial charge in [-0.3, -0.25) is 4.90 Å². The van der Waals surface area contributed by atoms with Gasteiger partial charge in [0.15, 0.2) is 6.29 Å². The Morgan fingerprint density at radius 2 is 1.94 bits per heavy atom. The third-order valence-corrected chi connectivity index (χ3v) is 7.90. The number of alkyl halides is 3. The lowest BCUT2D eigenvalue weighted by molar-refractivity contribution is -0.137. The van der Waals surface area contributed by atoms with E-state index in [2.05, 4.69) is 23.1 Å². The Morgan fingerprint density at radius 1 is 1.11 bits per heavy atom. The molecule has 3 atom stereocenters. The predicted octanol–water partition coefficient (Wildman–Crippen LogP) is 6.64. The molecule has 3 aliphatic rings. The molecular formula is C27H30F3NO3S. The molecule has 1 aliphatic carbocycles. The van der Waals surface area contributed by atoms with Crippen molar-refractivity contribution in [2.75, 3.05) is 26.3 Å². The van der Waals surface area contributed by atoms with Crippen molar-refractivity contribution in [3.8, 4) is 10.4 Å². The molecule has 0 amide bonds. The minimum Gasteiger partial charge on any atom is -0.491 e. The minimum atomic E-state index is -4.31. The van der Waals surface area contributed by atoms with Crippen molar-refractivity contribution in [3.05, 3.63) is 70.3 Å². The van der Waals surface area contributed by atoms with E-state index in [0.29, 0.717) is 19.1 Å². The van der Waals surface area contributed by atoms with Crippen molar-refractivity contribution in [1.82, 2.24) is 4.90 Å². The number of thiophene rings is 1. The highest BCUT2D eigenvalue weighted by molar-refractivity contribution is 7.15. The number of halogens is 3. The molecule has 2 saturated heterocycles. The van der Waals surface area contributed by atoms with E-state index < -0.39 is 11.7 Å². The van der Waals surface area contributed by atoms with Gasteiger partial charge in [0, 0.05) is 29.5 Å². The van der Waals surface area contributed by atoms with Crippen LogP contribution in [0.25, 0.3) is 10.4 Å². The normalized spacial score (nSPS) is 24.9. The van der Waals surface area contributed by atoms with Crippen LogP contribution in [0.3, 0.4) is 0 Å². The van der Waals surface area contributed by atoms with Gasteiger partial charge >= 0.3 is 6.18 Å². The quantitative estimate of drug-likeness (QED) is 0.377. The fourth-order valence-corrected chi connectivity index (χ4v) is 5.80. The first-order chi connectivity index (χ1) is 16.9. The zero-order valence-corrected chi connectivity index (χ0v) is 20.5. The molecule has 2 aromatic rings. The second-order valence-electron chi connectivity index (χ2n) is 9.22. The molecule has 3 heterocycles. The molecular weight excluding hydrogens is 475 g/mol. The third kappa shape index (κ3) is 6.17. The van der Waals surface area contributed by atoms with Gasteiger partial charge in [-0.15, -0.1) is 11.3 Å². The number of nitrogens with zero attached hydrogens (tertiary/aromatic N) is 1. The Bertz CT molecular complexity index is 1080. The highest BCUT2D eigenvalue weighted by atomic mass is 32.1. The van der Waals surface area contributed by atoms with Crippen LogP contribution in [0.5, 0.6) is 0 Å². The number of hydrogen-bond donors (Lipinski definition) is 0. The first-order valence-electron chi connectivity index (χ1n) is 12.2. The summed E-state index contributed by atoms with van der Waals surface area (Å²) in [6.45, 7) is 6.01. The largest absolute Gasteiger partial charge is 0.491 e. The summed E-state index contributed by atoms with van der Waals surface area (Å²) < 4.78 is 55.4. The van der Waals surface area contributed by atoms with Gasteiger partial charge in [-0.25, -0.2) is 0 Å². The van der Waals surface area contributed by atoms with Gasteiger partial charge in [-0.2, -0.15) is 13.2 Å². The zero-order valence-electron chi connectivity index (χ0n) is 19.7. The lowest BCUT2D eigenvalue weighted by Crippen LogP contribution is -2.23. The molecule has 1 aromatic carbocycles. The summed E-state index contributed by atoms with van der Waals surface area (Å²) >= 11 is 1.65. The summed E-state index contributed by atoms with van der Waals surface area (Å²) in [5, 5.41) is 0. The van der Waals surface area contributed by atoms with E-state index in [0.717, 1.165) is 67.2 Å². The first kappa shape index (κ1) is 24.6. The van der Waals surface area contributed by atoms with Crippen LogP contribution in [0, 0.1) is 5.92 Å². The van der Waals surface area contributed by atoms with Crippen molar-refractivity contribution in [1.29, 1.82) is 0 Å². The van der Waals surface area contributed by atoms with Crippen LogP contribution in [-0.4, -0.2) is 43.6 Å². The predicted molar refractivity (Wildman–Crippen MR) is 130 cm³/mol. The number of hydrogen-bond acceptors (Lipinski definition) is 5. The Balaban J connectivity index is 1.13. The van der Waals surface area contributed by atoms with E-state index in [1.165, 1.54) is 10.5 Å². The molecule has 8 heteroatoms. The molecule has 5 rings (SSSR count). The van der Waals surface area contributed by atoms with E-state index in [9.17, 15) is 13.2 Å². The van der Waals surface area contributed by atoms with Gasteiger partial charge < -0.3 is 14.2 Å². The molecule has 2 aliphatic heterocycles. The summed E-state index contributed by atoms with van der Waals surface area (Å²) in [6, 6.07) is 9.52. The average Bonchev–Trinajstić information content (AvgIpc) is 3.48. The topological polar surface area (TPSA) is 34.2 Å². The molecule has 188 valence electrons. The number of allylic oxidation sites excluding steroid dienone is 2. The Hall–Kier alpha value is -2.13. The summed E-state index contributed by atoms with van der Waals surface area (Å²) in [5.74, 6) is 1.50. The van der Waals surface area contributed by atoms with Crippen molar-refractivity contribution in [3.63, 3.8) is 0 Å². The molecule has 2 fully saturated rings. The molecule has 0 bridgehead atoms. The fraction of sp³-hybridized carbons (Fsp3) is 0.481. The monoisotopic (exact) mass is 505 g/mol. The number of likely N-dealkylation sites (tertiary alicyclic amines) is 1. The molecule has 3 unspecified atom stereocenters. The van der Waals surface area contributed by atoms with E-state index in [1.807, 2.05) is 13.0 Å². The van der Waals surface area contributed by atoms with Gasteiger partial charge in [0.25, 0.3) is 0 Å². The van der Waals surface area contributed by atoms with Crippen LogP contribution in [0.2, 0.25) is 0 Å². The number of fused-ring (bicyclic) bond motifs is 1. The lowest BCUT2D eigenvalue weighted by atomic mass is 9.87. The summed E-state index contributed by atoms with van der Waals surface area (Å²) in [4.78, 5) is 4.71. The molecule has 1 aromatic heterocycles. The highest BCUT2D eigenvalue weighted by Crippen LogP contribution is 2.36. The van der Waals surface area contributed by atoms with Gasteiger partial charge in [-0.05, 0) is 80.6 Å². The maximum atomic E-state index is 12.8. The van der Waals surface area contributed by atoms with Gasteiger partial charge in [-0.1, -0.05) is 17.7 Å². The van der Waals surface area contributed by atoms with Crippen molar-refractivity contribution in [2.24, 2.45) is 5.92 Å². The van der Waals surface area contributed by atoms with Crippen LogP contribution >= 0.6 is 11.3 Å². The van der Waals surface area contributed by atoms with E-state index in [1.54, 1.807) is 23.5 Å². The highest BCUT2D eigenvalue weighted by Gasteiger charge is 2.40. The zero-order chi connectivity index (χ0) is 24.4. The van der Waals surface area contributed by atoms with E-state index >= 15 is 0 Å². The standard InChI is InChI=1S/C27H30F3NO3S/c1-2-32-26-24(34-26)17-33-22-8-5-18-11-13-31(14-12-20(18)15-22)16-23-9-10-25(35-23)19-3-6-21(7-4-19)27(28,29)30/h3-4,6-10,15,18,24,26H,2,5,11-14,16-17H2,1H3. The van der Waals surface area contributed by atoms with Crippen molar-refractivity contribution < 1.29 is 27.4 Å². The Morgan fingerprint density at radius 3 is 2.71 bits per heavy atom. The van der Waals surface area contributed by atoms with Crippen LogP contribution in [0.15, 0.2) is 59.9 Å². The Kier molecular flexibility index (Phi) is 7.34. The average molecular weight is 506 g/mol. The van der Waals surface area contributed by atoms with E-state index in [4.69, 9.17) is 14.2 Å². The maximum Gasteiger partial charge on any atom is 0.416 e. The Labute approximate surface area is 208 Å². The number of benzene rings is 1. The fourth-order valence-electron chi connectivity index (χ4n) is 4.74. The molecule has 0 spiro atoms. The van der Waals surface area contributed by atoms with Crippen LogP contribution in [-0.2, 0) is 26.9 Å². The second kappa shape index (κ2) is 10.5. The number of epoxide rings is 1. The third-order valence-electron chi connectivity index (χ3n) is 6.78. The van der Waals surface area contributed by atoms with Gasteiger partial charge in [0.2, 0.25) is 0 Å². The second-order valence-corrected chi connectivity index (χ2v) is 10.4. The number of rotatable bonds is 8. The summed E-state index contributed by atoms with van der Waals surface area (Å²) in [7, 11) is 0. The number of ether oxygens (including phenoxy) is 3. The minimum absolute atomic E-state index is 0.0369. The summed E-state index contributed by atoms with van der Waals surface area (Å²) in [5.41, 5.74) is 1.67. The SMILES string of the molecule is CCOC1OC1COC1=CCC2CCN(Cc3ccc(-c4ccc(C(F)(F)F)cc4)s3)CCC2=C1. The molecule has 35 heavy (non-hydrogen) atoms. The first-order valence-corrected chi connectivity index (χ1v) is 13.0. The van der Waals surface area contributed by atoms with Gasteiger partial charge in [0.1, 0.15) is 18.5 Å².